The van der Waals surface area contributed by atoms with Crippen LogP contribution in [0.1, 0.15) is 28.8 Å². The molecule has 2 aromatic carbocycles. The average Bonchev–Trinajstić information content (AvgIpc) is 2.64. The van der Waals surface area contributed by atoms with E-state index in [1.54, 1.807) is 6.07 Å². The van der Waals surface area contributed by atoms with E-state index in [1.807, 2.05) is 18.2 Å². The van der Waals surface area contributed by atoms with E-state index in [2.05, 4.69) is 11.4 Å². The number of nitriles is 1. The van der Waals surface area contributed by atoms with Gasteiger partial charge in [0.2, 0.25) is 0 Å². The first kappa shape index (κ1) is 16.0. The Kier molecular flexibility index (Phi) is 4.12. The third-order valence-electron chi connectivity index (χ3n) is 4.65. The summed E-state index contributed by atoms with van der Waals surface area (Å²) in [6, 6.07) is 11.3. The highest BCUT2D eigenvalue weighted by atomic mass is 19.2. The number of hydrogen-bond acceptors (Lipinski definition) is 4. The molecule has 25 heavy (non-hydrogen) atoms. The van der Waals surface area contributed by atoms with Crippen LogP contribution < -0.4 is 5.32 Å². The molecule has 6 heteroatoms. The fourth-order valence-electron chi connectivity index (χ4n) is 3.52. The Hall–Kier alpha value is -2.49. The van der Waals surface area contributed by atoms with Gasteiger partial charge >= 0.3 is 0 Å². The van der Waals surface area contributed by atoms with Crippen LogP contribution in [-0.2, 0) is 15.9 Å². The summed E-state index contributed by atoms with van der Waals surface area (Å²) in [4.78, 5) is 0. The number of hydrogen-bond donors (Lipinski definition) is 1. The summed E-state index contributed by atoms with van der Waals surface area (Å²) in [5, 5.41) is 12.2. The Labute approximate surface area is 144 Å². The second-order valence-corrected chi connectivity index (χ2v) is 6.15. The van der Waals surface area contributed by atoms with Crippen molar-refractivity contribution in [1.29, 1.82) is 5.26 Å². The van der Waals surface area contributed by atoms with Gasteiger partial charge in [-0.25, -0.2) is 8.78 Å². The number of nitrogens with zero attached hydrogens (tertiary/aromatic N) is 1. The van der Waals surface area contributed by atoms with Crippen molar-refractivity contribution in [2.24, 2.45) is 0 Å². The van der Waals surface area contributed by atoms with Gasteiger partial charge in [-0.05, 0) is 23.8 Å². The first-order chi connectivity index (χ1) is 12.2. The Bertz CT molecular complexity index is 850. The lowest BCUT2D eigenvalue weighted by atomic mass is 9.86. The maximum absolute atomic E-state index is 14.3. The molecular weight excluding hydrogens is 326 g/mol. The van der Waals surface area contributed by atoms with E-state index in [0.29, 0.717) is 19.6 Å². The maximum atomic E-state index is 14.3. The highest BCUT2D eigenvalue weighted by Crippen LogP contribution is 2.45. The van der Waals surface area contributed by atoms with Gasteiger partial charge in [-0.15, -0.1) is 0 Å². The summed E-state index contributed by atoms with van der Waals surface area (Å²) in [6.07, 6.45) is -0.570. The van der Waals surface area contributed by atoms with Crippen LogP contribution in [0.3, 0.4) is 0 Å². The predicted octanol–water partition coefficient (Wildman–Crippen LogP) is 3.65. The van der Waals surface area contributed by atoms with E-state index >= 15 is 0 Å². The standard InChI is InChI=1S/C19H16F2N2O2/c20-14-3-1-2-12(16(14)21)17-19-18(24-8-9-25-19)13-10-11(6-7-22)4-5-15(13)23-17/h1-5,10,17-19,23H,6,8-9H2. The predicted molar refractivity (Wildman–Crippen MR) is 86.9 cm³/mol. The van der Waals surface area contributed by atoms with Crippen LogP contribution in [0.5, 0.6) is 0 Å². The molecule has 1 saturated heterocycles. The van der Waals surface area contributed by atoms with Crippen molar-refractivity contribution in [1.82, 2.24) is 0 Å². The summed E-state index contributed by atoms with van der Waals surface area (Å²) in [7, 11) is 0. The monoisotopic (exact) mass is 342 g/mol. The van der Waals surface area contributed by atoms with Gasteiger partial charge in [-0.1, -0.05) is 18.2 Å². The van der Waals surface area contributed by atoms with Crippen LogP contribution >= 0.6 is 0 Å². The van der Waals surface area contributed by atoms with E-state index in [1.165, 1.54) is 6.07 Å². The number of anilines is 1. The van der Waals surface area contributed by atoms with Crippen molar-refractivity contribution < 1.29 is 18.3 Å². The average molecular weight is 342 g/mol. The molecular formula is C19H16F2N2O2. The Morgan fingerprint density at radius 1 is 1.12 bits per heavy atom. The van der Waals surface area contributed by atoms with Crippen molar-refractivity contribution >= 4 is 5.69 Å². The lowest BCUT2D eigenvalue weighted by molar-refractivity contribution is -0.151. The van der Waals surface area contributed by atoms with E-state index < -0.39 is 29.9 Å². The van der Waals surface area contributed by atoms with Gasteiger partial charge in [0.25, 0.3) is 0 Å². The van der Waals surface area contributed by atoms with Crippen LogP contribution in [0.15, 0.2) is 36.4 Å². The molecule has 2 aromatic rings. The molecule has 0 radical (unpaired) electrons. The molecule has 1 fully saturated rings. The Morgan fingerprint density at radius 2 is 1.96 bits per heavy atom. The van der Waals surface area contributed by atoms with Gasteiger partial charge in [0, 0.05) is 16.8 Å². The van der Waals surface area contributed by atoms with Gasteiger partial charge in [0.15, 0.2) is 11.6 Å². The highest BCUT2D eigenvalue weighted by molar-refractivity contribution is 5.59. The first-order valence-corrected chi connectivity index (χ1v) is 8.12. The Balaban J connectivity index is 1.79. The van der Waals surface area contributed by atoms with Gasteiger partial charge in [0.05, 0.1) is 31.7 Å². The van der Waals surface area contributed by atoms with Crippen molar-refractivity contribution in [3.8, 4) is 6.07 Å². The number of nitrogens with one attached hydrogen (secondary N) is 1. The SMILES string of the molecule is N#CCc1ccc2c(c1)C1OCCOC1C(c1cccc(F)c1F)N2. The van der Waals surface area contributed by atoms with Crippen LogP contribution in [-0.4, -0.2) is 19.3 Å². The molecule has 3 unspecified atom stereocenters. The minimum atomic E-state index is -0.886. The molecule has 4 rings (SSSR count). The quantitative estimate of drug-likeness (QED) is 0.905. The molecule has 128 valence electrons. The van der Waals surface area contributed by atoms with Crippen LogP contribution in [0, 0.1) is 23.0 Å². The second-order valence-electron chi connectivity index (χ2n) is 6.15. The lowest BCUT2D eigenvalue weighted by Crippen LogP contribution is -2.43. The number of rotatable bonds is 2. The molecule has 1 N–H and O–H groups in total. The molecule has 0 saturated carbocycles. The zero-order valence-electron chi connectivity index (χ0n) is 13.3. The normalized spacial score (nSPS) is 24.6. The maximum Gasteiger partial charge on any atom is 0.164 e. The minimum absolute atomic E-state index is 0.215. The largest absolute Gasteiger partial charge is 0.375 e. The van der Waals surface area contributed by atoms with Crippen molar-refractivity contribution in [2.45, 2.75) is 24.7 Å². The van der Waals surface area contributed by atoms with E-state index in [9.17, 15) is 8.78 Å². The van der Waals surface area contributed by atoms with Gasteiger partial charge < -0.3 is 14.8 Å². The molecule has 0 spiro atoms. The molecule has 4 nitrogen and oxygen atoms in total. The van der Waals surface area contributed by atoms with Gasteiger partial charge in [0.1, 0.15) is 12.2 Å². The van der Waals surface area contributed by atoms with Crippen LogP contribution in [0.4, 0.5) is 14.5 Å². The minimum Gasteiger partial charge on any atom is -0.375 e. The van der Waals surface area contributed by atoms with Gasteiger partial charge in [-0.2, -0.15) is 5.26 Å². The zero-order valence-corrected chi connectivity index (χ0v) is 13.3. The smallest absolute Gasteiger partial charge is 0.164 e. The zero-order chi connectivity index (χ0) is 17.4. The lowest BCUT2D eigenvalue weighted by Gasteiger charge is -2.43. The molecule has 2 aliphatic rings. The number of fused-ring (bicyclic) bond motifs is 3. The van der Waals surface area contributed by atoms with Crippen LogP contribution in [0.2, 0.25) is 0 Å². The molecule has 0 aliphatic carbocycles. The van der Waals surface area contributed by atoms with E-state index in [4.69, 9.17) is 14.7 Å². The van der Waals surface area contributed by atoms with Gasteiger partial charge in [-0.3, -0.25) is 0 Å². The van der Waals surface area contributed by atoms with Crippen molar-refractivity contribution in [3.63, 3.8) is 0 Å². The highest BCUT2D eigenvalue weighted by Gasteiger charge is 2.42. The van der Waals surface area contributed by atoms with Crippen molar-refractivity contribution in [3.05, 3.63) is 64.7 Å². The Morgan fingerprint density at radius 3 is 2.80 bits per heavy atom. The first-order valence-electron chi connectivity index (χ1n) is 8.12. The third-order valence-corrected chi connectivity index (χ3v) is 4.65. The molecule has 0 amide bonds. The van der Waals surface area contributed by atoms with Crippen LogP contribution in [0.25, 0.3) is 0 Å². The fourth-order valence-corrected chi connectivity index (χ4v) is 3.52. The molecule has 3 atom stereocenters. The molecule has 0 bridgehead atoms. The molecule has 2 heterocycles. The van der Waals surface area contributed by atoms with E-state index in [-0.39, 0.29) is 5.56 Å². The number of halogens is 2. The fraction of sp³-hybridized carbons (Fsp3) is 0.316. The van der Waals surface area contributed by atoms with Crippen molar-refractivity contribution in [2.75, 3.05) is 18.5 Å². The van der Waals surface area contributed by atoms with E-state index in [0.717, 1.165) is 22.9 Å². The topological polar surface area (TPSA) is 54.3 Å². The third kappa shape index (κ3) is 2.76. The second kappa shape index (κ2) is 6.43. The number of ether oxygens (including phenoxy) is 2. The number of benzene rings is 2. The summed E-state index contributed by atoms with van der Waals surface area (Å²) in [5.41, 5.74) is 2.76. The summed E-state index contributed by atoms with van der Waals surface area (Å²) in [6.45, 7) is 0.824. The summed E-state index contributed by atoms with van der Waals surface area (Å²) < 4.78 is 39.8. The summed E-state index contributed by atoms with van der Waals surface area (Å²) >= 11 is 0. The summed E-state index contributed by atoms with van der Waals surface area (Å²) in [5.74, 6) is -1.76. The molecule has 2 aliphatic heterocycles. The molecule has 0 aromatic heterocycles.